The SMILES string of the molecule is CCOc1ccc(NC(=O)C2=C(C)NC(=O)N[C@@H]2c2ccc(O)c(OCC)c2)cc1. The van der Waals surface area contributed by atoms with Gasteiger partial charge in [0.05, 0.1) is 24.8 Å². The van der Waals surface area contributed by atoms with Crippen LogP contribution in [0.25, 0.3) is 0 Å². The van der Waals surface area contributed by atoms with Crippen LogP contribution in [0.4, 0.5) is 10.5 Å². The van der Waals surface area contributed by atoms with Gasteiger partial charge in [-0.1, -0.05) is 6.07 Å². The van der Waals surface area contributed by atoms with Crippen molar-refractivity contribution >= 4 is 17.6 Å². The number of anilines is 1. The number of carbonyl (C=O) groups is 2. The lowest BCUT2D eigenvalue weighted by Crippen LogP contribution is -2.45. The summed E-state index contributed by atoms with van der Waals surface area (Å²) in [6, 6.07) is 10.7. The fourth-order valence-corrected chi connectivity index (χ4v) is 3.23. The number of phenols is 1. The first-order chi connectivity index (χ1) is 14.4. The standard InChI is InChI=1S/C22H25N3O5/c1-4-29-16-9-7-15(8-10-16)24-21(27)19-13(3)23-22(28)25-20(19)14-6-11-17(26)18(12-14)30-5-2/h6-12,20,26H,4-5H2,1-3H3,(H,24,27)(H2,23,25,28)/t20-/m1/s1. The molecule has 30 heavy (non-hydrogen) atoms. The zero-order valence-electron chi connectivity index (χ0n) is 17.1. The van der Waals surface area contributed by atoms with Gasteiger partial charge in [-0.3, -0.25) is 4.79 Å². The molecule has 0 fully saturated rings. The first kappa shape index (κ1) is 21.0. The van der Waals surface area contributed by atoms with Crippen molar-refractivity contribution in [2.45, 2.75) is 26.8 Å². The molecule has 4 N–H and O–H groups in total. The lowest BCUT2D eigenvalue weighted by atomic mass is 9.94. The molecule has 0 saturated heterocycles. The highest BCUT2D eigenvalue weighted by molar-refractivity contribution is 6.06. The van der Waals surface area contributed by atoms with Crippen molar-refractivity contribution in [1.29, 1.82) is 0 Å². The predicted octanol–water partition coefficient (Wildman–Crippen LogP) is 3.46. The van der Waals surface area contributed by atoms with Crippen molar-refractivity contribution in [3.05, 3.63) is 59.3 Å². The van der Waals surface area contributed by atoms with Crippen molar-refractivity contribution < 1.29 is 24.2 Å². The minimum Gasteiger partial charge on any atom is -0.504 e. The van der Waals surface area contributed by atoms with Gasteiger partial charge in [-0.15, -0.1) is 0 Å². The number of rotatable bonds is 7. The van der Waals surface area contributed by atoms with Gasteiger partial charge in [0.2, 0.25) is 0 Å². The van der Waals surface area contributed by atoms with Crippen LogP contribution in [0, 0.1) is 0 Å². The van der Waals surface area contributed by atoms with E-state index in [0.717, 1.165) is 0 Å². The third kappa shape index (κ3) is 4.65. The van der Waals surface area contributed by atoms with Crippen LogP contribution >= 0.6 is 0 Å². The Bertz CT molecular complexity index is 969. The second-order valence-corrected chi connectivity index (χ2v) is 6.64. The van der Waals surface area contributed by atoms with Crippen LogP contribution in [0.15, 0.2) is 53.7 Å². The summed E-state index contributed by atoms with van der Waals surface area (Å²) in [5.41, 5.74) is 2.01. The molecule has 1 aliphatic heterocycles. The van der Waals surface area contributed by atoms with Crippen LogP contribution < -0.4 is 25.4 Å². The number of amides is 3. The highest BCUT2D eigenvalue weighted by atomic mass is 16.5. The van der Waals surface area contributed by atoms with Crippen LogP contribution in [-0.4, -0.2) is 30.3 Å². The molecule has 3 amide bonds. The van der Waals surface area contributed by atoms with Crippen LogP contribution in [0.3, 0.4) is 0 Å². The fraction of sp³-hybridized carbons (Fsp3) is 0.273. The maximum atomic E-state index is 13.1. The topological polar surface area (TPSA) is 109 Å². The third-order valence-corrected chi connectivity index (χ3v) is 4.55. The Morgan fingerprint density at radius 2 is 1.80 bits per heavy atom. The van der Waals surface area contributed by atoms with E-state index < -0.39 is 12.1 Å². The normalized spacial score (nSPS) is 15.8. The summed E-state index contributed by atoms with van der Waals surface area (Å²) < 4.78 is 10.9. The van der Waals surface area contributed by atoms with E-state index in [1.807, 2.05) is 6.92 Å². The number of allylic oxidation sites excluding steroid dienone is 1. The highest BCUT2D eigenvalue weighted by Gasteiger charge is 2.31. The Morgan fingerprint density at radius 1 is 1.10 bits per heavy atom. The molecule has 2 aromatic rings. The Kier molecular flexibility index (Phi) is 6.46. The van der Waals surface area contributed by atoms with E-state index in [1.165, 1.54) is 6.07 Å². The molecule has 2 aromatic carbocycles. The quantitative estimate of drug-likeness (QED) is 0.558. The third-order valence-electron chi connectivity index (χ3n) is 4.55. The van der Waals surface area contributed by atoms with Gasteiger partial charge in [-0.25, -0.2) is 4.79 Å². The number of phenolic OH excluding ortho intramolecular Hbond substituents is 1. The summed E-state index contributed by atoms with van der Waals surface area (Å²) in [6.07, 6.45) is 0. The summed E-state index contributed by atoms with van der Waals surface area (Å²) in [6.45, 7) is 6.30. The van der Waals surface area contributed by atoms with Gasteiger partial charge in [-0.05, 0) is 62.7 Å². The number of hydrogen-bond acceptors (Lipinski definition) is 5. The molecule has 1 atom stereocenters. The summed E-state index contributed by atoms with van der Waals surface area (Å²) >= 11 is 0. The van der Waals surface area contributed by atoms with E-state index in [4.69, 9.17) is 9.47 Å². The molecule has 0 spiro atoms. The molecule has 1 aliphatic rings. The molecule has 8 nitrogen and oxygen atoms in total. The van der Waals surface area contributed by atoms with Crippen molar-refractivity contribution in [1.82, 2.24) is 10.6 Å². The van der Waals surface area contributed by atoms with Gasteiger partial charge in [0.15, 0.2) is 11.5 Å². The maximum Gasteiger partial charge on any atom is 0.319 e. The van der Waals surface area contributed by atoms with Gasteiger partial charge >= 0.3 is 6.03 Å². The van der Waals surface area contributed by atoms with Gasteiger partial charge in [0.1, 0.15) is 5.75 Å². The van der Waals surface area contributed by atoms with E-state index in [1.54, 1.807) is 50.2 Å². The maximum absolute atomic E-state index is 13.1. The Morgan fingerprint density at radius 3 is 2.47 bits per heavy atom. The molecular formula is C22H25N3O5. The first-order valence-electron chi connectivity index (χ1n) is 9.71. The Hall–Kier alpha value is -3.68. The van der Waals surface area contributed by atoms with Crippen molar-refractivity contribution in [3.63, 3.8) is 0 Å². The Labute approximate surface area is 174 Å². The summed E-state index contributed by atoms with van der Waals surface area (Å²) in [5, 5.41) is 18.2. The fourth-order valence-electron chi connectivity index (χ4n) is 3.23. The molecule has 1 heterocycles. The van der Waals surface area contributed by atoms with Gasteiger partial charge in [-0.2, -0.15) is 0 Å². The van der Waals surface area contributed by atoms with Crippen molar-refractivity contribution in [2.24, 2.45) is 0 Å². The minimum absolute atomic E-state index is 0.0121. The van der Waals surface area contributed by atoms with E-state index in [-0.39, 0.29) is 17.4 Å². The number of carbonyl (C=O) groups excluding carboxylic acids is 2. The van der Waals surface area contributed by atoms with Crippen LogP contribution in [0.1, 0.15) is 32.4 Å². The molecule has 0 radical (unpaired) electrons. The van der Waals surface area contributed by atoms with Gasteiger partial charge in [0.25, 0.3) is 5.91 Å². The summed E-state index contributed by atoms with van der Waals surface area (Å²) in [5.74, 6) is 0.622. The molecular weight excluding hydrogens is 386 g/mol. The van der Waals surface area contributed by atoms with E-state index in [0.29, 0.717) is 41.5 Å². The molecule has 0 aromatic heterocycles. The number of ether oxygens (including phenoxy) is 2. The lowest BCUT2D eigenvalue weighted by molar-refractivity contribution is -0.113. The van der Waals surface area contributed by atoms with Crippen molar-refractivity contribution in [2.75, 3.05) is 18.5 Å². The zero-order chi connectivity index (χ0) is 21.7. The molecule has 0 aliphatic carbocycles. The van der Waals surface area contributed by atoms with Crippen molar-refractivity contribution in [3.8, 4) is 17.2 Å². The first-order valence-corrected chi connectivity index (χ1v) is 9.71. The van der Waals surface area contributed by atoms with Crippen LogP contribution in [0.5, 0.6) is 17.2 Å². The van der Waals surface area contributed by atoms with Gasteiger partial charge in [0, 0.05) is 11.4 Å². The lowest BCUT2D eigenvalue weighted by Gasteiger charge is -2.29. The highest BCUT2D eigenvalue weighted by Crippen LogP contribution is 2.34. The smallest absolute Gasteiger partial charge is 0.319 e. The van der Waals surface area contributed by atoms with E-state index >= 15 is 0 Å². The zero-order valence-corrected chi connectivity index (χ0v) is 17.1. The Balaban J connectivity index is 1.89. The largest absolute Gasteiger partial charge is 0.504 e. The number of nitrogens with one attached hydrogen (secondary N) is 3. The number of urea groups is 1. The summed E-state index contributed by atoms with van der Waals surface area (Å²) in [7, 11) is 0. The summed E-state index contributed by atoms with van der Waals surface area (Å²) in [4.78, 5) is 25.2. The monoisotopic (exact) mass is 411 g/mol. The average molecular weight is 411 g/mol. The minimum atomic E-state index is -0.707. The molecule has 0 unspecified atom stereocenters. The van der Waals surface area contributed by atoms with Crippen LogP contribution in [0.2, 0.25) is 0 Å². The van der Waals surface area contributed by atoms with Gasteiger partial charge < -0.3 is 30.5 Å². The second kappa shape index (κ2) is 9.21. The van der Waals surface area contributed by atoms with E-state index in [2.05, 4.69) is 16.0 Å². The molecule has 0 saturated carbocycles. The van der Waals surface area contributed by atoms with Crippen LogP contribution in [-0.2, 0) is 4.79 Å². The molecule has 0 bridgehead atoms. The molecule has 8 heteroatoms. The second-order valence-electron chi connectivity index (χ2n) is 6.64. The molecule has 158 valence electrons. The van der Waals surface area contributed by atoms with E-state index in [9.17, 15) is 14.7 Å². The number of aromatic hydroxyl groups is 1. The number of hydrogen-bond donors (Lipinski definition) is 4. The average Bonchev–Trinajstić information content (AvgIpc) is 2.71. The predicted molar refractivity (Wildman–Crippen MR) is 113 cm³/mol. The number of benzene rings is 2. The molecule has 3 rings (SSSR count).